The zero-order valence-electron chi connectivity index (χ0n) is 11.2. The van der Waals surface area contributed by atoms with Gasteiger partial charge in [-0.2, -0.15) is 4.31 Å². The molecule has 0 saturated carbocycles. The van der Waals surface area contributed by atoms with Crippen molar-refractivity contribution in [2.45, 2.75) is 43.7 Å². The molecule has 0 bridgehead atoms. The SMILES string of the molecule is CC1(C)CCCN1S(=O)(=O)c1ccc(CN)c(Cl)c1. The van der Waals surface area contributed by atoms with Crippen molar-refractivity contribution in [2.24, 2.45) is 5.73 Å². The average molecular weight is 303 g/mol. The van der Waals surface area contributed by atoms with E-state index in [-0.39, 0.29) is 10.4 Å². The average Bonchev–Trinajstić information content (AvgIpc) is 2.69. The topological polar surface area (TPSA) is 63.4 Å². The molecule has 0 unspecified atom stereocenters. The first-order valence-electron chi connectivity index (χ1n) is 6.30. The number of nitrogens with zero attached hydrogens (tertiary/aromatic N) is 1. The van der Waals surface area contributed by atoms with E-state index in [9.17, 15) is 8.42 Å². The zero-order chi connectivity index (χ0) is 14.3. The van der Waals surface area contributed by atoms with Gasteiger partial charge >= 0.3 is 0 Å². The largest absolute Gasteiger partial charge is 0.326 e. The lowest BCUT2D eigenvalue weighted by atomic mass is 10.0. The lowest BCUT2D eigenvalue weighted by molar-refractivity contribution is 0.291. The van der Waals surface area contributed by atoms with Crippen LogP contribution in [0.1, 0.15) is 32.3 Å². The molecule has 1 aliphatic heterocycles. The predicted molar refractivity (Wildman–Crippen MR) is 76.5 cm³/mol. The monoisotopic (exact) mass is 302 g/mol. The van der Waals surface area contributed by atoms with Gasteiger partial charge in [0.25, 0.3) is 0 Å². The molecule has 0 atom stereocenters. The number of hydrogen-bond acceptors (Lipinski definition) is 3. The molecule has 1 fully saturated rings. The van der Waals surface area contributed by atoms with E-state index in [4.69, 9.17) is 17.3 Å². The highest BCUT2D eigenvalue weighted by molar-refractivity contribution is 7.89. The number of sulfonamides is 1. The molecule has 1 heterocycles. The summed E-state index contributed by atoms with van der Waals surface area (Å²) in [5.74, 6) is 0. The van der Waals surface area contributed by atoms with E-state index in [1.165, 1.54) is 6.07 Å². The molecule has 0 radical (unpaired) electrons. The molecular weight excluding hydrogens is 284 g/mol. The minimum absolute atomic E-state index is 0.240. The van der Waals surface area contributed by atoms with Gasteiger partial charge in [0.15, 0.2) is 0 Å². The van der Waals surface area contributed by atoms with Crippen molar-refractivity contribution >= 4 is 21.6 Å². The normalized spacial score (nSPS) is 19.8. The minimum atomic E-state index is -3.49. The van der Waals surface area contributed by atoms with E-state index in [2.05, 4.69) is 0 Å². The van der Waals surface area contributed by atoms with Gasteiger partial charge in [-0.05, 0) is 44.4 Å². The Labute approximate surface area is 119 Å². The molecule has 0 spiro atoms. The van der Waals surface area contributed by atoms with Crippen molar-refractivity contribution in [2.75, 3.05) is 6.54 Å². The van der Waals surface area contributed by atoms with Gasteiger partial charge in [-0.15, -0.1) is 0 Å². The van der Waals surface area contributed by atoms with Crippen LogP contribution < -0.4 is 5.73 Å². The first-order valence-corrected chi connectivity index (χ1v) is 8.12. The fourth-order valence-corrected chi connectivity index (χ4v) is 4.70. The van der Waals surface area contributed by atoms with Crippen LogP contribution in [0.4, 0.5) is 0 Å². The van der Waals surface area contributed by atoms with Crippen molar-refractivity contribution in [3.8, 4) is 0 Å². The van der Waals surface area contributed by atoms with E-state index < -0.39 is 10.0 Å². The third kappa shape index (κ3) is 2.65. The summed E-state index contributed by atoms with van der Waals surface area (Å²) in [6.07, 6.45) is 1.77. The lowest BCUT2D eigenvalue weighted by Gasteiger charge is -2.30. The highest BCUT2D eigenvalue weighted by Gasteiger charge is 2.40. The summed E-state index contributed by atoms with van der Waals surface area (Å²) in [6, 6.07) is 4.75. The van der Waals surface area contributed by atoms with Crippen molar-refractivity contribution in [1.82, 2.24) is 4.31 Å². The smallest absolute Gasteiger partial charge is 0.243 e. The summed E-state index contributed by atoms with van der Waals surface area (Å²) >= 11 is 6.05. The fraction of sp³-hybridized carbons (Fsp3) is 0.538. The molecule has 1 saturated heterocycles. The molecule has 106 valence electrons. The molecule has 0 aliphatic carbocycles. The summed E-state index contributed by atoms with van der Waals surface area (Å²) in [6.45, 7) is 4.76. The maximum atomic E-state index is 12.6. The van der Waals surface area contributed by atoms with Crippen LogP contribution in [0.5, 0.6) is 0 Å². The van der Waals surface area contributed by atoms with Gasteiger partial charge in [0, 0.05) is 23.7 Å². The van der Waals surface area contributed by atoms with Gasteiger partial charge in [0.05, 0.1) is 4.90 Å². The standard InChI is InChI=1S/C13H19ClN2O2S/c1-13(2)6-3-7-16(13)19(17,18)11-5-4-10(9-15)12(14)8-11/h4-5,8H,3,6-7,9,15H2,1-2H3. The van der Waals surface area contributed by atoms with Crippen molar-refractivity contribution in [3.05, 3.63) is 28.8 Å². The Morgan fingerprint density at radius 1 is 1.42 bits per heavy atom. The van der Waals surface area contributed by atoms with Crippen molar-refractivity contribution < 1.29 is 8.42 Å². The molecule has 2 rings (SSSR count). The minimum Gasteiger partial charge on any atom is -0.326 e. The van der Waals surface area contributed by atoms with Crippen LogP contribution >= 0.6 is 11.6 Å². The Balaban J connectivity index is 2.43. The van der Waals surface area contributed by atoms with E-state index in [1.807, 2.05) is 13.8 Å². The van der Waals surface area contributed by atoms with Crippen LogP contribution in [0, 0.1) is 0 Å². The highest BCUT2D eigenvalue weighted by Crippen LogP contribution is 2.34. The third-order valence-electron chi connectivity index (χ3n) is 3.66. The number of hydrogen-bond donors (Lipinski definition) is 1. The second-order valence-corrected chi connectivity index (χ2v) is 7.72. The first-order chi connectivity index (χ1) is 8.79. The Morgan fingerprint density at radius 3 is 2.58 bits per heavy atom. The molecular formula is C13H19ClN2O2S. The van der Waals surface area contributed by atoms with Gasteiger partial charge in [0.1, 0.15) is 0 Å². The maximum absolute atomic E-state index is 12.6. The van der Waals surface area contributed by atoms with Gasteiger partial charge in [0.2, 0.25) is 10.0 Å². The molecule has 2 N–H and O–H groups in total. The number of benzene rings is 1. The zero-order valence-corrected chi connectivity index (χ0v) is 12.8. The summed E-state index contributed by atoms with van der Waals surface area (Å²) in [4.78, 5) is 0.240. The molecule has 1 aliphatic rings. The summed E-state index contributed by atoms with van der Waals surface area (Å²) in [7, 11) is -3.49. The maximum Gasteiger partial charge on any atom is 0.243 e. The molecule has 6 heteroatoms. The fourth-order valence-electron chi connectivity index (χ4n) is 2.51. The quantitative estimate of drug-likeness (QED) is 0.932. The lowest BCUT2D eigenvalue weighted by Crippen LogP contribution is -2.42. The van der Waals surface area contributed by atoms with Crippen LogP contribution in [0.2, 0.25) is 5.02 Å². The highest BCUT2D eigenvalue weighted by atomic mass is 35.5. The Hall–Kier alpha value is -0.620. The third-order valence-corrected chi connectivity index (χ3v) is 6.12. The number of halogens is 1. The van der Waals surface area contributed by atoms with Crippen LogP contribution in [0.3, 0.4) is 0 Å². The number of nitrogens with two attached hydrogens (primary N) is 1. The van der Waals surface area contributed by atoms with E-state index in [1.54, 1.807) is 16.4 Å². The Kier molecular flexibility index (Phi) is 3.93. The van der Waals surface area contributed by atoms with Crippen LogP contribution in [0.15, 0.2) is 23.1 Å². The molecule has 1 aromatic rings. The van der Waals surface area contributed by atoms with Crippen molar-refractivity contribution in [3.63, 3.8) is 0 Å². The number of rotatable bonds is 3. The van der Waals surface area contributed by atoms with Crippen molar-refractivity contribution in [1.29, 1.82) is 0 Å². The van der Waals surface area contributed by atoms with E-state index in [0.29, 0.717) is 18.1 Å². The van der Waals surface area contributed by atoms with Gasteiger partial charge in [-0.25, -0.2) is 8.42 Å². The molecule has 0 amide bonds. The summed E-state index contributed by atoms with van der Waals surface area (Å²) in [5, 5.41) is 0.403. The van der Waals surface area contributed by atoms with Crippen LogP contribution in [-0.2, 0) is 16.6 Å². The first kappa shape index (κ1) is 14.8. The van der Waals surface area contributed by atoms with Gasteiger partial charge in [-0.3, -0.25) is 0 Å². The van der Waals surface area contributed by atoms with E-state index >= 15 is 0 Å². The summed E-state index contributed by atoms with van der Waals surface area (Å²) in [5.41, 5.74) is 5.95. The van der Waals surface area contributed by atoms with Gasteiger partial charge < -0.3 is 5.73 Å². The Morgan fingerprint density at radius 2 is 2.11 bits per heavy atom. The van der Waals surface area contributed by atoms with Crippen LogP contribution in [-0.4, -0.2) is 24.8 Å². The molecule has 4 nitrogen and oxygen atoms in total. The second-order valence-electron chi connectivity index (χ2n) is 5.45. The molecule has 0 aromatic heterocycles. The van der Waals surface area contributed by atoms with E-state index in [0.717, 1.165) is 18.4 Å². The predicted octanol–water partition coefficient (Wildman–Crippen LogP) is 2.36. The summed E-state index contributed by atoms with van der Waals surface area (Å²) < 4.78 is 26.8. The second kappa shape index (κ2) is 5.05. The van der Waals surface area contributed by atoms with Gasteiger partial charge in [-0.1, -0.05) is 17.7 Å². The molecule has 19 heavy (non-hydrogen) atoms. The Bertz CT molecular complexity index is 584. The van der Waals surface area contributed by atoms with Crippen LogP contribution in [0.25, 0.3) is 0 Å². The molecule has 1 aromatic carbocycles.